The maximum Gasteiger partial charge on any atom is 0.158 e. The number of methoxy groups -OCH3 is 1. The molecular formula is C10H19BrN2OS. The highest BCUT2D eigenvalue weighted by molar-refractivity contribution is 8.93. The lowest BCUT2D eigenvalue weighted by molar-refractivity contribution is 0.192. The van der Waals surface area contributed by atoms with Gasteiger partial charge in [0.1, 0.15) is 0 Å². The first-order valence-corrected chi connectivity index (χ1v) is 5.94. The zero-order valence-corrected chi connectivity index (χ0v) is 11.6. The van der Waals surface area contributed by atoms with Gasteiger partial charge in [-0.25, -0.2) is 4.99 Å². The first kappa shape index (κ1) is 15.0. The van der Waals surface area contributed by atoms with Crippen molar-refractivity contribution in [2.75, 3.05) is 19.5 Å². The van der Waals surface area contributed by atoms with Crippen molar-refractivity contribution in [3.05, 3.63) is 11.8 Å². The summed E-state index contributed by atoms with van der Waals surface area (Å²) in [5.41, 5.74) is 6.95. The van der Waals surface area contributed by atoms with E-state index in [0.29, 0.717) is 5.17 Å². The molecule has 0 bridgehead atoms. The molecule has 0 saturated heterocycles. The van der Waals surface area contributed by atoms with Crippen LogP contribution in [-0.2, 0) is 4.74 Å². The van der Waals surface area contributed by atoms with E-state index in [0.717, 1.165) is 25.2 Å². The zero-order chi connectivity index (χ0) is 10.2. The van der Waals surface area contributed by atoms with Crippen molar-refractivity contribution in [3.63, 3.8) is 0 Å². The fourth-order valence-corrected chi connectivity index (χ4v) is 1.99. The summed E-state index contributed by atoms with van der Waals surface area (Å²) in [7, 11) is 1.75. The van der Waals surface area contributed by atoms with Gasteiger partial charge in [-0.3, -0.25) is 0 Å². The second-order valence-corrected chi connectivity index (χ2v) is 4.34. The summed E-state index contributed by atoms with van der Waals surface area (Å²) < 4.78 is 4.99. The van der Waals surface area contributed by atoms with Gasteiger partial charge in [0.2, 0.25) is 0 Å². The zero-order valence-electron chi connectivity index (χ0n) is 9.07. The molecule has 1 aliphatic heterocycles. The van der Waals surface area contributed by atoms with Gasteiger partial charge in [0.15, 0.2) is 5.17 Å². The van der Waals surface area contributed by atoms with Crippen LogP contribution in [0, 0.1) is 0 Å². The standard InChI is InChI=1S/C10H18N2OS.BrH/c1-13-6-4-2-3-5-9-7-12-10(11)14-8-9;/h7H,2-6,8H2,1H3,(H2,11,12);1H. The van der Waals surface area contributed by atoms with E-state index in [9.17, 15) is 0 Å². The number of amidine groups is 1. The van der Waals surface area contributed by atoms with Crippen molar-refractivity contribution in [2.24, 2.45) is 10.7 Å². The van der Waals surface area contributed by atoms with Gasteiger partial charge in [0.05, 0.1) is 0 Å². The topological polar surface area (TPSA) is 47.6 Å². The molecule has 0 aromatic carbocycles. The SMILES string of the molecule is Br.COCCCCCC1=CN=C(N)SC1. The molecule has 0 aromatic heterocycles. The van der Waals surface area contributed by atoms with Gasteiger partial charge in [0, 0.05) is 25.7 Å². The number of nitrogens with zero attached hydrogens (tertiary/aromatic N) is 1. The van der Waals surface area contributed by atoms with Crippen molar-refractivity contribution in [1.29, 1.82) is 0 Å². The van der Waals surface area contributed by atoms with Crippen molar-refractivity contribution < 1.29 is 4.74 Å². The first-order valence-electron chi connectivity index (χ1n) is 4.96. The summed E-state index contributed by atoms with van der Waals surface area (Å²) in [5.74, 6) is 1.01. The summed E-state index contributed by atoms with van der Waals surface area (Å²) in [6.45, 7) is 0.874. The molecule has 5 heteroatoms. The molecule has 1 rings (SSSR count). The maximum atomic E-state index is 5.54. The largest absolute Gasteiger partial charge is 0.385 e. The Morgan fingerprint density at radius 1 is 1.47 bits per heavy atom. The average molecular weight is 295 g/mol. The Bertz CT molecular complexity index is 231. The van der Waals surface area contributed by atoms with Crippen LogP contribution in [-0.4, -0.2) is 24.6 Å². The Kier molecular flexibility index (Phi) is 9.24. The number of hydrogen-bond donors (Lipinski definition) is 1. The van der Waals surface area contributed by atoms with E-state index in [2.05, 4.69) is 4.99 Å². The Labute approximate surface area is 106 Å². The lowest BCUT2D eigenvalue weighted by atomic mass is 10.1. The monoisotopic (exact) mass is 294 g/mol. The highest BCUT2D eigenvalue weighted by Gasteiger charge is 2.04. The van der Waals surface area contributed by atoms with Crippen molar-refractivity contribution in [2.45, 2.75) is 25.7 Å². The van der Waals surface area contributed by atoms with E-state index in [1.165, 1.54) is 18.4 Å². The highest BCUT2D eigenvalue weighted by atomic mass is 79.9. The van der Waals surface area contributed by atoms with Gasteiger partial charge in [-0.1, -0.05) is 18.2 Å². The van der Waals surface area contributed by atoms with Crippen molar-refractivity contribution in [1.82, 2.24) is 0 Å². The number of nitrogens with two attached hydrogens (primary N) is 1. The molecule has 1 heterocycles. The number of thioether (sulfide) groups is 1. The van der Waals surface area contributed by atoms with Crippen LogP contribution in [0.25, 0.3) is 0 Å². The summed E-state index contributed by atoms with van der Waals surface area (Å²) >= 11 is 1.63. The van der Waals surface area contributed by atoms with Crippen LogP contribution in [0.5, 0.6) is 0 Å². The maximum absolute atomic E-state index is 5.54. The minimum atomic E-state index is 0. The van der Waals surface area contributed by atoms with Gasteiger partial charge in [-0.15, -0.1) is 17.0 Å². The summed E-state index contributed by atoms with van der Waals surface area (Å²) in [6.07, 6.45) is 6.68. The fraction of sp³-hybridized carbons (Fsp3) is 0.700. The van der Waals surface area contributed by atoms with Crippen LogP contribution in [0.15, 0.2) is 16.8 Å². The second-order valence-electron chi connectivity index (χ2n) is 3.35. The molecule has 0 amide bonds. The summed E-state index contributed by atoms with van der Waals surface area (Å²) in [6, 6.07) is 0. The minimum absolute atomic E-state index is 0. The highest BCUT2D eigenvalue weighted by Crippen LogP contribution is 2.19. The molecule has 0 saturated carbocycles. The van der Waals surface area contributed by atoms with Crippen LogP contribution in [0.3, 0.4) is 0 Å². The summed E-state index contributed by atoms with van der Waals surface area (Å²) in [4.78, 5) is 4.10. The third-order valence-electron chi connectivity index (χ3n) is 2.13. The number of halogens is 1. The van der Waals surface area contributed by atoms with Gasteiger partial charge in [0.25, 0.3) is 0 Å². The Morgan fingerprint density at radius 3 is 2.87 bits per heavy atom. The van der Waals surface area contributed by atoms with E-state index in [-0.39, 0.29) is 17.0 Å². The average Bonchev–Trinajstić information content (AvgIpc) is 2.21. The lowest BCUT2D eigenvalue weighted by Gasteiger charge is -2.09. The molecule has 0 spiro atoms. The second kappa shape index (κ2) is 9.24. The van der Waals surface area contributed by atoms with E-state index in [1.54, 1.807) is 18.9 Å². The molecule has 0 radical (unpaired) electrons. The predicted octanol–water partition coefficient (Wildman–Crippen LogP) is 2.72. The third-order valence-corrected chi connectivity index (χ3v) is 3.04. The number of unbranched alkanes of at least 4 members (excludes halogenated alkanes) is 2. The smallest absolute Gasteiger partial charge is 0.158 e. The van der Waals surface area contributed by atoms with E-state index >= 15 is 0 Å². The number of rotatable bonds is 6. The van der Waals surface area contributed by atoms with Crippen LogP contribution in [0.4, 0.5) is 0 Å². The molecule has 15 heavy (non-hydrogen) atoms. The molecule has 1 aliphatic rings. The van der Waals surface area contributed by atoms with Crippen LogP contribution in [0.1, 0.15) is 25.7 Å². The quantitative estimate of drug-likeness (QED) is 0.766. The Balaban J connectivity index is 0.00000196. The first-order chi connectivity index (χ1) is 6.83. The van der Waals surface area contributed by atoms with Crippen LogP contribution >= 0.6 is 28.7 Å². The molecule has 0 aliphatic carbocycles. The molecule has 0 aromatic rings. The van der Waals surface area contributed by atoms with E-state index in [1.807, 2.05) is 6.20 Å². The lowest BCUT2D eigenvalue weighted by Crippen LogP contribution is -2.10. The minimum Gasteiger partial charge on any atom is -0.385 e. The molecular weight excluding hydrogens is 276 g/mol. The molecule has 3 nitrogen and oxygen atoms in total. The van der Waals surface area contributed by atoms with Crippen LogP contribution in [0.2, 0.25) is 0 Å². The predicted molar refractivity (Wildman–Crippen MR) is 72.8 cm³/mol. The Hall–Kier alpha value is -0.0000000000000000555. The normalized spacial score (nSPS) is 15.3. The van der Waals surface area contributed by atoms with Gasteiger partial charge < -0.3 is 10.5 Å². The van der Waals surface area contributed by atoms with Crippen LogP contribution < -0.4 is 5.73 Å². The fourth-order valence-electron chi connectivity index (χ4n) is 1.31. The molecule has 88 valence electrons. The third kappa shape index (κ3) is 6.98. The summed E-state index contributed by atoms with van der Waals surface area (Å²) in [5, 5.41) is 0.688. The van der Waals surface area contributed by atoms with Gasteiger partial charge in [-0.05, 0) is 24.8 Å². The van der Waals surface area contributed by atoms with Gasteiger partial charge in [-0.2, -0.15) is 0 Å². The number of hydrogen-bond acceptors (Lipinski definition) is 4. The van der Waals surface area contributed by atoms with Gasteiger partial charge >= 0.3 is 0 Å². The molecule has 0 unspecified atom stereocenters. The van der Waals surface area contributed by atoms with E-state index in [4.69, 9.17) is 10.5 Å². The number of ether oxygens (including phenoxy) is 1. The molecule has 2 N–H and O–H groups in total. The molecule has 0 atom stereocenters. The van der Waals surface area contributed by atoms with Crippen molar-refractivity contribution >= 4 is 33.9 Å². The number of aliphatic imine (C=N–C) groups is 1. The molecule has 0 fully saturated rings. The van der Waals surface area contributed by atoms with Crippen molar-refractivity contribution in [3.8, 4) is 0 Å². The van der Waals surface area contributed by atoms with E-state index < -0.39 is 0 Å². The Morgan fingerprint density at radius 2 is 2.27 bits per heavy atom.